The summed E-state index contributed by atoms with van der Waals surface area (Å²) in [6.07, 6.45) is 1.87. The summed E-state index contributed by atoms with van der Waals surface area (Å²) in [5.74, 6) is 1.73. The lowest BCUT2D eigenvalue weighted by Gasteiger charge is -2.34. The molecular weight excluding hydrogens is 394 g/mol. The standard InChI is InChI=1S/C22H39N7O2/c1-4-23-21(26-17-22(2,30)18-28-11-13-31-14-12-28)25-16-19-5-6-24-20(15-19)29-9-7-27(3)8-10-29/h5-6,15,30H,4,7-14,16-18H2,1-3H3,(H2,23,25,26). The van der Waals surface area contributed by atoms with Gasteiger partial charge in [-0.15, -0.1) is 0 Å². The van der Waals surface area contributed by atoms with Crippen molar-refractivity contribution in [1.29, 1.82) is 0 Å². The summed E-state index contributed by atoms with van der Waals surface area (Å²) in [6, 6.07) is 4.15. The number of anilines is 1. The van der Waals surface area contributed by atoms with E-state index in [1.54, 1.807) is 0 Å². The van der Waals surface area contributed by atoms with Crippen LogP contribution in [0.3, 0.4) is 0 Å². The maximum absolute atomic E-state index is 10.8. The molecule has 3 rings (SSSR count). The Morgan fingerprint density at radius 3 is 2.65 bits per heavy atom. The topological polar surface area (TPSA) is 88.5 Å². The largest absolute Gasteiger partial charge is 0.387 e. The van der Waals surface area contributed by atoms with Crippen LogP contribution in [0.4, 0.5) is 5.82 Å². The first-order valence-corrected chi connectivity index (χ1v) is 11.4. The molecule has 0 saturated carbocycles. The predicted molar refractivity (Wildman–Crippen MR) is 125 cm³/mol. The number of morpholine rings is 1. The highest BCUT2D eigenvalue weighted by atomic mass is 16.5. The van der Waals surface area contributed by atoms with Gasteiger partial charge in [0, 0.05) is 65.1 Å². The molecule has 2 aliphatic rings. The van der Waals surface area contributed by atoms with Gasteiger partial charge in [-0.3, -0.25) is 4.90 Å². The fourth-order valence-electron chi connectivity index (χ4n) is 3.85. The van der Waals surface area contributed by atoms with Crippen LogP contribution in [0, 0.1) is 0 Å². The molecular formula is C22H39N7O2. The van der Waals surface area contributed by atoms with Gasteiger partial charge >= 0.3 is 0 Å². The number of nitrogens with zero attached hydrogens (tertiary/aromatic N) is 5. The van der Waals surface area contributed by atoms with E-state index >= 15 is 0 Å². The normalized spacial score (nSPS) is 21.0. The molecule has 3 N–H and O–H groups in total. The van der Waals surface area contributed by atoms with Crippen molar-refractivity contribution >= 4 is 11.8 Å². The Kier molecular flexibility index (Phi) is 8.89. The van der Waals surface area contributed by atoms with Crippen LogP contribution in [0.5, 0.6) is 0 Å². The van der Waals surface area contributed by atoms with E-state index in [1.165, 1.54) is 0 Å². The van der Waals surface area contributed by atoms with E-state index in [2.05, 4.69) is 43.4 Å². The average molecular weight is 434 g/mol. The van der Waals surface area contributed by atoms with Crippen molar-refractivity contribution in [3.05, 3.63) is 23.9 Å². The first-order valence-electron chi connectivity index (χ1n) is 11.4. The Morgan fingerprint density at radius 2 is 1.94 bits per heavy atom. The van der Waals surface area contributed by atoms with Gasteiger partial charge in [-0.2, -0.15) is 0 Å². The number of guanidine groups is 1. The van der Waals surface area contributed by atoms with E-state index in [1.807, 2.05) is 26.1 Å². The van der Waals surface area contributed by atoms with E-state index in [-0.39, 0.29) is 0 Å². The van der Waals surface area contributed by atoms with Gasteiger partial charge in [0.15, 0.2) is 5.96 Å². The molecule has 0 spiro atoms. The number of rotatable bonds is 8. The van der Waals surface area contributed by atoms with Crippen LogP contribution in [0.25, 0.3) is 0 Å². The molecule has 9 heteroatoms. The molecule has 31 heavy (non-hydrogen) atoms. The second kappa shape index (κ2) is 11.6. The molecule has 1 atom stereocenters. The number of aliphatic imine (C=N–C) groups is 1. The summed E-state index contributed by atoms with van der Waals surface area (Å²) in [5.41, 5.74) is 0.278. The van der Waals surface area contributed by atoms with Gasteiger partial charge < -0.3 is 30.3 Å². The molecule has 0 aromatic carbocycles. The number of aliphatic hydroxyl groups is 1. The van der Waals surface area contributed by atoms with Gasteiger partial charge in [-0.25, -0.2) is 9.98 Å². The summed E-state index contributed by atoms with van der Waals surface area (Å²) in [4.78, 5) is 16.2. The van der Waals surface area contributed by atoms with Crippen LogP contribution in [0.15, 0.2) is 23.3 Å². The molecule has 0 radical (unpaired) electrons. The molecule has 1 aromatic rings. The van der Waals surface area contributed by atoms with Gasteiger partial charge in [0.25, 0.3) is 0 Å². The van der Waals surface area contributed by atoms with E-state index in [0.29, 0.717) is 25.6 Å². The van der Waals surface area contributed by atoms with Crippen molar-refractivity contribution in [3.63, 3.8) is 0 Å². The fraction of sp³-hybridized carbons (Fsp3) is 0.727. The number of ether oxygens (including phenoxy) is 1. The van der Waals surface area contributed by atoms with Crippen LogP contribution >= 0.6 is 0 Å². The highest BCUT2D eigenvalue weighted by Crippen LogP contribution is 2.15. The maximum Gasteiger partial charge on any atom is 0.191 e. The van der Waals surface area contributed by atoms with Crippen molar-refractivity contribution in [2.24, 2.45) is 4.99 Å². The van der Waals surface area contributed by atoms with Crippen LogP contribution < -0.4 is 15.5 Å². The zero-order chi connectivity index (χ0) is 22.1. The quantitative estimate of drug-likeness (QED) is 0.389. The first-order chi connectivity index (χ1) is 14.9. The molecule has 1 unspecified atom stereocenters. The Labute approximate surface area is 186 Å². The fourth-order valence-corrected chi connectivity index (χ4v) is 3.85. The summed E-state index contributed by atoms with van der Waals surface area (Å²) in [5, 5.41) is 17.4. The minimum absolute atomic E-state index is 0.430. The molecule has 2 fully saturated rings. The lowest BCUT2D eigenvalue weighted by Crippen LogP contribution is -2.52. The third kappa shape index (κ3) is 7.92. The highest BCUT2D eigenvalue weighted by Gasteiger charge is 2.25. The zero-order valence-electron chi connectivity index (χ0n) is 19.3. The second-order valence-corrected chi connectivity index (χ2v) is 8.75. The van der Waals surface area contributed by atoms with Crippen molar-refractivity contribution in [3.8, 4) is 0 Å². The summed E-state index contributed by atoms with van der Waals surface area (Å²) >= 11 is 0. The first kappa shape index (κ1) is 23.7. The number of hydrogen-bond donors (Lipinski definition) is 3. The Balaban J connectivity index is 1.54. The number of hydrogen-bond acceptors (Lipinski definition) is 7. The molecule has 174 valence electrons. The van der Waals surface area contributed by atoms with E-state index in [0.717, 1.165) is 70.4 Å². The summed E-state index contributed by atoms with van der Waals surface area (Å²) < 4.78 is 5.39. The predicted octanol–water partition coefficient (Wildman–Crippen LogP) is -0.0283. The minimum Gasteiger partial charge on any atom is -0.387 e. The Morgan fingerprint density at radius 1 is 1.19 bits per heavy atom. The van der Waals surface area contributed by atoms with Crippen LogP contribution in [0.2, 0.25) is 0 Å². The maximum atomic E-state index is 10.8. The SMILES string of the molecule is CCNC(=NCc1ccnc(N2CCN(C)CC2)c1)NCC(C)(O)CN1CCOCC1. The van der Waals surface area contributed by atoms with Crippen LogP contribution in [-0.2, 0) is 11.3 Å². The number of aromatic nitrogens is 1. The molecule has 1 aromatic heterocycles. The number of pyridine rings is 1. The number of β-amino-alcohol motifs (C(OH)–C–C–N with tert-alkyl or cyclic N) is 1. The molecule has 9 nitrogen and oxygen atoms in total. The number of likely N-dealkylation sites (N-methyl/N-ethyl adjacent to an activating group) is 1. The lowest BCUT2D eigenvalue weighted by atomic mass is 10.1. The molecule has 0 bridgehead atoms. The van der Waals surface area contributed by atoms with E-state index < -0.39 is 5.60 Å². The Bertz CT molecular complexity index is 699. The minimum atomic E-state index is -0.848. The smallest absolute Gasteiger partial charge is 0.191 e. The molecule has 0 aliphatic carbocycles. The third-order valence-electron chi connectivity index (χ3n) is 5.71. The van der Waals surface area contributed by atoms with Crippen molar-refractivity contribution in [2.75, 3.05) is 84.1 Å². The van der Waals surface area contributed by atoms with Gasteiger partial charge in [-0.1, -0.05) is 0 Å². The molecule has 2 saturated heterocycles. The van der Waals surface area contributed by atoms with E-state index in [9.17, 15) is 5.11 Å². The molecule has 2 aliphatic heterocycles. The van der Waals surface area contributed by atoms with Gasteiger partial charge in [0.2, 0.25) is 0 Å². The Hall–Kier alpha value is -1.94. The summed E-state index contributed by atoms with van der Waals surface area (Å²) in [7, 11) is 2.16. The van der Waals surface area contributed by atoms with Crippen LogP contribution in [-0.4, -0.2) is 111 Å². The monoisotopic (exact) mass is 433 g/mol. The highest BCUT2D eigenvalue weighted by molar-refractivity contribution is 5.79. The van der Waals surface area contributed by atoms with Gasteiger partial charge in [-0.05, 0) is 38.6 Å². The number of nitrogens with one attached hydrogen (secondary N) is 2. The van der Waals surface area contributed by atoms with Crippen molar-refractivity contribution < 1.29 is 9.84 Å². The van der Waals surface area contributed by atoms with Crippen molar-refractivity contribution in [2.45, 2.75) is 26.0 Å². The second-order valence-electron chi connectivity index (χ2n) is 8.75. The zero-order valence-corrected chi connectivity index (χ0v) is 19.3. The van der Waals surface area contributed by atoms with Crippen LogP contribution in [0.1, 0.15) is 19.4 Å². The van der Waals surface area contributed by atoms with Crippen molar-refractivity contribution in [1.82, 2.24) is 25.4 Å². The summed E-state index contributed by atoms with van der Waals surface area (Å²) in [6.45, 7) is 13.6. The third-order valence-corrected chi connectivity index (χ3v) is 5.71. The average Bonchev–Trinajstić information content (AvgIpc) is 2.77. The lowest BCUT2D eigenvalue weighted by molar-refractivity contribution is -0.0201. The van der Waals surface area contributed by atoms with Gasteiger partial charge in [0.1, 0.15) is 5.82 Å². The molecule has 3 heterocycles. The number of piperazine rings is 1. The molecule has 0 amide bonds. The van der Waals surface area contributed by atoms with Gasteiger partial charge in [0.05, 0.1) is 25.4 Å². The van der Waals surface area contributed by atoms with E-state index in [4.69, 9.17) is 9.73 Å².